The maximum Gasteiger partial charge on any atom is 0.169 e. The molecule has 0 radical (unpaired) electrons. The van der Waals surface area contributed by atoms with Crippen molar-refractivity contribution in [3.05, 3.63) is 0 Å². The van der Waals surface area contributed by atoms with Gasteiger partial charge >= 0.3 is 0 Å². The SMILES string of the molecule is CC(C#N)CC1CCC2O[C@@H]3CC2(C[C@H]2OC4(CCCCC4)O[C@@H]32)O1. The molecule has 5 aliphatic rings. The van der Waals surface area contributed by atoms with Crippen LogP contribution in [0.2, 0.25) is 0 Å². The number of rotatable bonds is 2. The number of nitrogens with zero attached hydrogens (tertiary/aromatic N) is 1. The number of hydrogen-bond acceptors (Lipinski definition) is 5. The summed E-state index contributed by atoms with van der Waals surface area (Å²) in [6.45, 7) is 1.98. The molecule has 2 bridgehead atoms. The minimum Gasteiger partial charge on any atom is -0.369 e. The molecule has 0 amide bonds. The van der Waals surface area contributed by atoms with Crippen molar-refractivity contribution >= 4 is 0 Å². The molecule has 0 N–H and O–H groups in total. The molecule has 2 spiro atoms. The third-order valence-corrected chi connectivity index (χ3v) is 7.07. The van der Waals surface area contributed by atoms with Gasteiger partial charge in [-0.3, -0.25) is 0 Å². The molecule has 7 atom stereocenters. The molecule has 0 aromatic heterocycles. The maximum atomic E-state index is 9.12. The van der Waals surface area contributed by atoms with E-state index in [0.717, 1.165) is 44.9 Å². The van der Waals surface area contributed by atoms with E-state index in [9.17, 15) is 0 Å². The second kappa shape index (κ2) is 5.92. The lowest BCUT2D eigenvalue weighted by atomic mass is 9.76. The van der Waals surface area contributed by atoms with Gasteiger partial charge in [0.15, 0.2) is 5.79 Å². The molecule has 0 aromatic carbocycles. The summed E-state index contributed by atoms with van der Waals surface area (Å²) < 4.78 is 26.0. The molecule has 5 fully saturated rings. The average Bonchev–Trinajstić information content (AvgIpc) is 3.11. The second-order valence-corrected chi connectivity index (χ2v) is 8.93. The Kier molecular flexibility index (Phi) is 3.91. The first kappa shape index (κ1) is 16.5. The predicted molar refractivity (Wildman–Crippen MR) is 89.7 cm³/mol. The van der Waals surface area contributed by atoms with E-state index in [1.54, 1.807) is 0 Å². The smallest absolute Gasteiger partial charge is 0.169 e. The molecular formula is C20H29NO4. The first-order valence-electron chi connectivity index (χ1n) is 10.2. The topological polar surface area (TPSA) is 60.7 Å². The van der Waals surface area contributed by atoms with E-state index in [-0.39, 0.29) is 47.8 Å². The Morgan fingerprint density at radius 2 is 1.84 bits per heavy atom. The molecule has 2 saturated carbocycles. The van der Waals surface area contributed by atoms with Crippen LogP contribution in [0.3, 0.4) is 0 Å². The Morgan fingerprint density at radius 3 is 2.64 bits per heavy atom. The Hall–Kier alpha value is -0.670. The standard InChI is InChI=1S/C20H29NO4/c1-13(12-21)9-14-5-6-17-19(23-14)10-15(22-17)18-16(11-19)24-20(25-18)7-3-2-4-8-20/h13-18H,2-11H2,1H3/t13?,14?,15-,16-,17?,18+,19?/m1/s1. The van der Waals surface area contributed by atoms with Gasteiger partial charge in [0.1, 0.15) is 6.10 Å². The molecule has 0 aromatic rings. The van der Waals surface area contributed by atoms with E-state index in [4.69, 9.17) is 24.2 Å². The van der Waals surface area contributed by atoms with Gasteiger partial charge in [-0.15, -0.1) is 0 Å². The van der Waals surface area contributed by atoms with Gasteiger partial charge in [-0.2, -0.15) is 5.26 Å². The van der Waals surface area contributed by atoms with Crippen LogP contribution in [-0.2, 0) is 18.9 Å². The number of nitriles is 1. The molecule has 3 saturated heterocycles. The van der Waals surface area contributed by atoms with Gasteiger partial charge in [-0.25, -0.2) is 0 Å². The van der Waals surface area contributed by atoms with Crippen molar-refractivity contribution < 1.29 is 18.9 Å². The van der Waals surface area contributed by atoms with E-state index >= 15 is 0 Å². The van der Waals surface area contributed by atoms with Crippen LogP contribution < -0.4 is 0 Å². The Morgan fingerprint density at radius 1 is 1.04 bits per heavy atom. The van der Waals surface area contributed by atoms with Crippen molar-refractivity contribution in [2.24, 2.45) is 5.92 Å². The summed E-state index contributed by atoms with van der Waals surface area (Å²) >= 11 is 0. The number of ether oxygens (including phenoxy) is 4. The molecule has 5 rings (SSSR count). The van der Waals surface area contributed by atoms with Crippen molar-refractivity contribution in [3.8, 4) is 6.07 Å². The van der Waals surface area contributed by atoms with Gasteiger partial charge in [0.05, 0.1) is 36.1 Å². The molecule has 4 unspecified atom stereocenters. The summed E-state index contributed by atoms with van der Waals surface area (Å²) in [5.74, 6) is -0.305. The van der Waals surface area contributed by atoms with Gasteiger partial charge in [-0.05, 0) is 39.0 Å². The van der Waals surface area contributed by atoms with Crippen LogP contribution in [0.4, 0.5) is 0 Å². The lowest BCUT2D eigenvalue weighted by molar-refractivity contribution is -0.216. The van der Waals surface area contributed by atoms with Crippen LogP contribution in [0.1, 0.15) is 71.1 Å². The maximum absolute atomic E-state index is 9.12. The number of hydrogen-bond donors (Lipinski definition) is 0. The normalized spacial score (nSPS) is 48.6. The van der Waals surface area contributed by atoms with E-state index in [2.05, 4.69) is 6.07 Å². The van der Waals surface area contributed by atoms with Crippen LogP contribution in [0.25, 0.3) is 0 Å². The Bertz CT molecular complexity index is 569. The van der Waals surface area contributed by atoms with Gasteiger partial charge in [0, 0.05) is 31.6 Å². The fourth-order valence-corrected chi connectivity index (χ4v) is 5.94. The fourth-order valence-electron chi connectivity index (χ4n) is 5.94. The molecule has 5 heteroatoms. The lowest BCUT2D eigenvalue weighted by Crippen LogP contribution is -2.53. The molecule has 2 aliphatic carbocycles. The zero-order valence-corrected chi connectivity index (χ0v) is 15.1. The third-order valence-electron chi connectivity index (χ3n) is 7.07. The highest BCUT2D eigenvalue weighted by Crippen LogP contribution is 2.55. The van der Waals surface area contributed by atoms with Gasteiger partial charge in [-0.1, -0.05) is 6.42 Å². The Labute approximate surface area is 149 Å². The van der Waals surface area contributed by atoms with Crippen LogP contribution in [0.15, 0.2) is 0 Å². The molecule has 138 valence electrons. The van der Waals surface area contributed by atoms with Crippen LogP contribution in [-0.4, -0.2) is 41.9 Å². The molecule has 5 nitrogen and oxygen atoms in total. The zero-order valence-electron chi connectivity index (χ0n) is 15.1. The van der Waals surface area contributed by atoms with E-state index in [1.807, 2.05) is 6.92 Å². The van der Waals surface area contributed by atoms with Crippen LogP contribution in [0.5, 0.6) is 0 Å². The molecule has 25 heavy (non-hydrogen) atoms. The quantitative estimate of drug-likeness (QED) is 0.765. The average molecular weight is 347 g/mol. The van der Waals surface area contributed by atoms with Crippen LogP contribution in [0, 0.1) is 17.2 Å². The summed E-state index contributed by atoms with van der Waals surface area (Å²) in [5.41, 5.74) is -0.215. The molecule has 3 heterocycles. The zero-order chi connectivity index (χ0) is 17.1. The highest BCUT2D eigenvalue weighted by Gasteiger charge is 2.65. The number of fused-ring (bicyclic) bond motifs is 3. The Balaban J connectivity index is 1.33. The second-order valence-electron chi connectivity index (χ2n) is 8.93. The fraction of sp³-hybridized carbons (Fsp3) is 0.950. The van der Waals surface area contributed by atoms with Gasteiger partial charge in [0.2, 0.25) is 0 Å². The first-order valence-corrected chi connectivity index (χ1v) is 10.2. The summed E-state index contributed by atoms with van der Waals surface area (Å²) in [7, 11) is 0. The van der Waals surface area contributed by atoms with Crippen molar-refractivity contribution in [2.75, 3.05) is 0 Å². The lowest BCUT2D eigenvalue weighted by Gasteiger charge is -2.44. The van der Waals surface area contributed by atoms with Crippen molar-refractivity contribution in [3.63, 3.8) is 0 Å². The van der Waals surface area contributed by atoms with E-state index < -0.39 is 0 Å². The first-order chi connectivity index (χ1) is 12.1. The van der Waals surface area contributed by atoms with E-state index in [0.29, 0.717) is 0 Å². The van der Waals surface area contributed by atoms with Crippen molar-refractivity contribution in [1.29, 1.82) is 5.26 Å². The van der Waals surface area contributed by atoms with Gasteiger partial charge < -0.3 is 18.9 Å². The minimum absolute atomic E-state index is 0.0454. The van der Waals surface area contributed by atoms with Crippen molar-refractivity contribution in [1.82, 2.24) is 0 Å². The largest absolute Gasteiger partial charge is 0.369 e. The van der Waals surface area contributed by atoms with Crippen molar-refractivity contribution in [2.45, 2.75) is 113 Å². The van der Waals surface area contributed by atoms with Crippen LogP contribution >= 0.6 is 0 Å². The molecule has 3 aliphatic heterocycles. The summed E-state index contributed by atoms with van der Waals surface area (Å²) in [6.07, 6.45) is 11.0. The highest BCUT2D eigenvalue weighted by molar-refractivity contribution is 5.12. The van der Waals surface area contributed by atoms with E-state index in [1.165, 1.54) is 19.3 Å². The minimum atomic E-state index is -0.350. The van der Waals surface area contributed by atoms with Gasteiger partial charge in [0.25, 0.3) is 0 Å². The molecular weight excluding hydrogens is 318 g/mol. The summed E-state index contributed by atoms with van der Waals surface area (Å²) in [6, 6.07) is 2.35. The third kappa shape index (κ3) is 2.65. The summed E-state index contributed by atoms with van der Waals surface area (Å²) in [4.78, 5) is 0. The monoisotopic (exact) mass is 347 g/mol. The predicted octanol–water partition coefficient (Wildman–Crippen LogP) is 3.46. The highest BCUT2D eigenvalue weighted by atomic mass is 16.8. The summed E-state index contributed by atoms with van der Waals surface area (Å²) in [5, 5.41) is 9.12.